The van der Waals surface area contributed by atoms with Crippen LogP contribution in [0.3, 0.4) is 0 Å². The summed E-state index contributed by atoms with van der Waals surface area (Å²) >= 11 is 9.74. The lowest BCUT2D eigenvalue weighted by atomic mass is 9.91. The number of halogens is 2. The van der Waals surface area contributed by atoms with Gasteiger partial charge in [0, 0.05) is 21.6 Å². The van der Waals surface area contributed by atoms with Crippen molar-refractivity contribution in [3.8, 4) is 0 Å². The number of rotatable bonds is 3. The Hall–Kier alpha value is -0.0500. The zero-order chi connectivity index (χ0) is 13.3. The Morgan fingerprint density at radius 3 is 2.72 bits per heavy atom. The first-order valence-electron chi connectivity index (χ1n) is 6.58. The largest absolute Gasteiger partial charge is 0.307 e. The highest BCUT2D eigenvalue weighted by molar-refractivity contribution is 9.10. The van der Waals surface area contributed by atoms with E-state index in [9.17, 15) is 0 Å². The van der Waals surface area contributed by atoms with Crippen molar-refractivity contribution in [1.29, 1.82) is 0 Å². The fourth-order valence-electron chi connectivity index (χ4n) is 2.87. The highest BCUT2D eigenvalue weighted by atomic mass is 79.9. The van der Waals surface area contributed by atoms with Crippen LogP contribution in [0.15, 0.2) is 22.7 Å². The Labute approximate surface area is 123 Å². The second kappa shape index (κ2) is 5.52. The second-order valence-electron chi connectivity index (χ2n) is 6.16. The number of hydrogen-bond donors (Lipinski definition) is 1. The highest BCUT2D eigenvalue weighted by Gasteiger charge is 2.31. The predicted octanol–water partition coefficient (Wildman–Crippen LogP) is 5.33. The van der Waals surface area contributed by atoms with Crippen LogP contribution >= 0.6 is 27.5 Å². The van der Waals surface area contributed by atoms with E-state index in [1.807, 2.05) is 6.07 Å². The molecule has 3 heteroatoms. The lowest BCUT2D eigenvalue weighted by Crippen LogP contribution is -2.30. The van der Waals surface area contributed by atoms with Gasteiger partial charge in [0.2, 0.25) is 0 Å². The minimum atomic E-state index is 0.310. The molecular formula is C15H21BrClN. The molecule has 0 aliphatic heterocycles. The number of nitrogens with one attached hydrogen (secondary N) is 1. The van der Waals surface area contributed by atoms with Gasteiger partial charge >= 0.3 is 0 Å². The van der Waals surface area contributed by atoms with Gasteiger partial charge in [-0.25, -0.2) is 0 Å². The summed E-state index contributed by atoms with van der Waals surface area (Å²) in [5, 5.41) is 4.55. The fourth-order valence-corrected chi connectivity index (χ4v) is 3.71. The van der Waals surface area contributed by atoms with Crippen LogP contribution in [-0.2, 0) is 0 Å². The molecular weight excluding hydrogens is 310 g/mol. The lowest BCUT2D eigenvalue weighted by Gasteiger charge is -2.22. The van der Waals surface area contributed by atoms with Gasteiger partial charge in [-0.3, -0.25) is 0 Å². The van der Waals surface area contributed by atoms with E-state index in [1.165, 1.54) is 24.8 Å². The van der Waals surface area contributed by atoms with Gasteiger partial charge < -0.3 is 5.32 Å². The van der Waals surface area contributed by atoms with E-state index in [0.717, 1.165) is 9.50 Å². The van der Waals surface area contributed by atoms with Crippen molar-refractivity contribution < 1.29 is 0 Å². The zero-order valence-electron chi connectivity index (χ0n) is 11.3. The van der Waals surface area contributed by atoms with Gasteiger partial charge in [0.25, 0.3) is 0 Å². The van der Waals surface area contributed by atoms with Crippen LogP contribution in [-0.4, -0.2) is 6.04 Å². The molecule has 1 aliphatic carbocycles. The Balaban J connectivity index is 2.02. The summed E-state index contributed by atoms with van der Waals surface area (Å²) < 4.78 is 1.03. The molecule has 1 aromatic rings. The minimum absolute atomic E-state index is 0.310. The maximum atomic E-state index is 6.30. The minimum Gasteiger partial charge on any atom is -0.307 e. The molecule has 1 nitrogen and oxygen atoms in total. The van der Waals surface area contributed by atoms with Crippen LogP contribution in [0.5, 0.6) is 0 Å². The standard InChI is InChI=1S/C15H21BrClN/c1-10(13-5-4-11(16)8-14(13)17)18-12-6-7-15(2,3)9-12/h4-5,8,10,12,18H,6-7,9H2,1-3H3. The molecule has 0 amide bonds. The molecule has 100 valence electrons. The third-order valence-electron chi connectivity index (χ3n) is 3.88. The van der Waals surface area contributed by atoms with E-state index < -0.39 is 0 Å². The van der Waals surface area contributed by atoms with Crippen LogP contribution in [0.25, 0.3) is 0 Å². The third kappa shape index (κ3) is 3.49. The number of hydrogen-bond acceptors (Lipinski definition) is 1. The summed E-state index contributed by atoms with van der Waals surface area (Å²) in [6.45, 7) is 6.90. The van der Waals surface area contributed by atoms with Crippen LogP contribution in [0, 0.1) is 5.41 Å². The first kappa shape index (κ1) is 14.4. The third-order valence-corrected chi connectivity index (χ3v) is 4.70. The van der Waals surface area contributed by atoms with Crippen molar-refractivity contribution in [2.45, 2.75) is 52.1 Å². The van der Waals surface area contributed by atoms with Gasteiger partial charge in [0.05, 0.1) is 0 Å². The van der Waals surface area contributed by atoms with Crippen LogP contribution in [0.4, 0.5) is 0 Å². The van der Waals surface area contributed by atoms with E-state index in [1.54, 1.807) is 0 Å². The Morgan fingerprint density at radius 2 is 2.17 bits per heavy atom. The Morgan fingerprint density at radius 1 is 1.44 bits per heavy atom. The summed E-state index contributed by atoms with van der Waals surface area (Å²) in [6, 6.07) is 7.05. The molecule has 1 aromatic carbocycles. The SMILES string of the molecule is CC(NC1CCC(C)(C)C1)c1ccc(Br)cc1Cl. The molecule has 0 aromatic heterocycles. The summed E-state index contributed by atoms with van der Waals surface area (Å²) in [7, 11) is 0. The molecule has 0 saturated heterocycles. The first-order valence-corrected chi connectivity index (χ1v) is 7.75. The summed E-state index contributed by atoms with van der Waals surface area (Å²) in [5.74, 6) is 0. The van der Waals surface area contributed by atoms with Crippen LogP contribution in [0.1, 0.15) is 51.6 Å². The van der Waals surface area contributed by atoms with Crippen molar-refractivity contribution in [3.63, 3.8) is 0 Å². The summed E-state index contributed by atoms with van der Waals surface area (Å²) in [5.41, 5.74) is 1.67. The quantitative estimate of drug-likeness (QED) is 0.789. The van der Waals surface area contributed by atoms with Crippen LogP contribution < -0.4 is 5.32 Å². The average molecular weight is 331 g/mol. The first-order chi connectivity index (χ1) is 8.37. The molecule has 0 heterocycles. The summed E-state index contributed by atoms with van der Waals surface area (Å²) in [6.07, 6.45) is 3.84. The van der Waals surface area contributed by atoms with Gasteiger partial charge in [-0.05, 0) is 49.3 Å². The Bertz CT molecular complexity index is 431. The fraction of sp³-hybridized carbons (Fsp3) is 0.600. The molecule has 1 fully saturated rings. The van der Waals surface area contributed by atoms with Crippen molar-refractivity contribution in [2.75, 3.05) is 0 Å². The molecule has 2 rings (SSSR count). The average Bonchev–Trinajstić information content (AvgIpc) is 2.57. The Kier molecular flexibility index (Phi) is 4.40. The molecule has 0 radical (unpaired) electrons. The molecule has 1 aliphatic rings. The summed E-state index contributed by atoms with van der Waals surface area (Å²) in [4.78, 5) is 0. The van der Waals surface area contributed by atoms with E-state index in [2.05, 4.69) is 54.2 Å². The zero-order valence-corrected chi connectivity index (χ0v) is 13.6. The monoisotopic (exact) mass is 329 g/mol. The maximum Gasteiger partial charge on any atom is 0.0464 e. The smallest absolute Gasteiger partial charge is 0.0464 e. The topological polar surface area (TPSA) is 12.0 Å². The predicted molar refractivity (Wildman–Crippen MR) is 82.1 cm³/mol. The normalized spacial score (nSPS) is 24.2. The van der Waals surface area contributed by atoms with Crippen molar-refractivity contribution in [2.24, 2.45) is 5.41 Å². The van der Waals surface area contributed by atoms with E-state index in [0.29, 0.717) is 17.5 Å². The van der Waals surface area contributed by atoms with Gasteiger partial charge in [-0.1, -0.05) is 47.4 Å². The molecule has 0 bridgehead atoms. The van der Waals surface area contributed by atoms with E-state index >= 15 is 0 Å². The molecule has 1 N–H and O–H groups in total. The second-order valence-corrected chi connectivity index (χ2v) is 7.48. The maximum absolute atomic E-state index is 6.30. The highest BCUT2D eigenvalue weighted by Crippen LogP contribution is 2.38. The lowest BCUT2D eigenvalue weighted by molar-refractivity contribution is 0.356. The van der Waals surface area contributed by atoms with Gasteiger partial charge in [0.15, 0.2) is 0 Å². The molecule has 2 atom stereocenters. The van der Waals surface area contributed by atoms with Crippen molar-refractivity contribution in [3.05, 3.63) is 33.3 Å². The number of benzene rings is 1. The van der Waals surface area contributed by atoms with Gasteiger partial charge in [-0.15, -0.1) is 0 Å². The molecule has 2 unspecified atom stereocenters. The molecule has 18 heavy (non-hydrogen) atoms. The molecule has 0 spiro atoms. The van der Waals surface area contributed by atoms with Crippen LogP contribution in [0.2, 0.25) is 5.02 Å². The van der Waals surface area contributed by atoms with Gasteiger partial charge in [0.1, 0.15) is 0 Å². The van der Waals surface area contributed by atoms with Gasteiger partial charge in [-0.2, -0.15) is 0 Å². The van der Waals surface area contributed by atoms with E-state index in [-0.39, 0.29) is 0 Å². The van der Waals surface area contributed by atoms with Crippen molar-refractivity contribution >= 4 is 27.5 Å². The molecule has 1 saturated carbocycles. The van der Waals surface area contributed by atoms with Crippen molar-refractivity contribution in [1.82, 2.24) is 5.32 Å². The van der Waals surface area contributed by atoms with E-state index in [4.69, 9.17) is 11.6 Å².